The van der Waals surface area contributed by atoms with Crippen LogP contribution in [0.3, 0.4) is 0 Å². The molecule has 124 valence electrons. The van der Waals surface area contributed by atoms with Crippen LogP contribution in [0.5, 0.6) is 5.75 Å². The number of nitrogens with zero attached hydrogens (tertiary/aromatic N) is 2. The number of nitriles is 1. The Hall–Kier alpha value is -1.77. The number of anilines is 1. The van der Waals surface area contributed by atoms with Crippen LogP contribution in [0.15, 0.2) is 24.3 Å². The monoisotopic (exact) mass is 315 g/mol. The number of benzene rings is 1. The van der Waals surface area contributed by atoms with Gasteiger partial charge in [0.2, 0.25) is 0 Å². The number of rotatable bonds is 6. The highest BCUT2D eigenvalue weighted by Gasteiger charge is 2.24. The van der Waals surface area contributed by atoms with Gasteiger partial charge in [0.25, 0.3) is 0 Å². The molecule has 1 aliphatic heterocycles. The summed E-state index contributed by atoms with van der Waals surface area (Å²) in [6.45, 7) is 5.27. The van der Waals surface area contributed by atoms with Gasteiger partial charge in [0.15, 0.2) is 0 Å². The molecule has 0 radical (unpaired) electrons. The van der Waals surface area contributed by atoms with Crippen molar-refractivity contribution in [2.45, 2.75) is 25.3 Å². The highest BCUT2D eigenvalue weighted by molar-refractivity contribution is 5.49. The van der Waals surface area contributed by atoms with E-state index in [-0.39, 0.29) is 5.92 Å². The van der Waals surface area contributed by atoms with Crippen molar-refractivity contribution in [3.05, 3.63) is 24.3 Å². The third-order valence-corrected chi connectivity index (χ3v) is 4.60. The third-order valence-electron chi connectivity index (χ3n) is 4.60. The first kappa shape index (κ1) is 16.1. The molecular formula is C18H25N3O2. The zero-order valence-electron chi connectivity index (χ0n) is 13.5. The number of ether oxygens (including phenoxy) is 2. The molecule has 0 spiro atoms. The quantitative estimate of drug-likeness (QED) is 0.874. The zero-order valence-corrected chi connectivity index (χ0v) is 13.5. The molecule has 1 N–H and O–H groups in total. The van der Waals surface area contributed by atoms with Gasteiger partial charge in [0.05, 0.1) is 19.3 Å². The van der Waals surface area contributed by atoms with Crippen LogP contribution in [0.1, 0.15) is 19.3 Å². The Balaban J connectivity index is 1.44. The third kappa shape index (κ3) is 4.85. The summed E-state index contributed by atoms with van der Waals surface area (Å²) in [6, 6.07) is 10.9. The molecule has 0 aromatic heterocycles. The van der Waals surface area contributed by atoms with E-state index in [0.717, 1.165) is 63.5 Å². The number of hydrogen-bond donors (Lipinski definition) is 1. The lowest BCUT2D eigenvalue weighted by Gasteiger charge is -2.26. The summed E-state index contributed by atoms with van der Waals surface area (Å²) in [5, 5.41) is 12.5. The van der Waals surface area contributed by atoms with E-state index < -0.39 is 0 Å². The first-order valence-corrected chi connectivity index (χ1v) is 8.52. The molecule has 3 rings (SSSR count). The van der Waals surface area contributed by atoms with Gasteiger partial charge in [0, 0.05) is 43.3 Å². The number of nitrogens with one attached hydrogen (secondary N) is 1. The van der Waals surface area contributed by atoms with E-state index in [9.17, 15) is 0 Å². The molecule has 1 heterocycles. The van der Waals surface area contributed by atoms with Crippen molar-refractivity contribution < 1.29 is 9.47 Å². The van der Waals surface area contributed by atoms with Crippen LogP contribution in [-0.2, 0) is 4.74 Å². The largest absolute Gasteiger partial charge is 0.492 e. The molecule has 1 aliphatic carbocycles. The lowest BCUT2D eigenvalue weighted by atomic mass is 10.1. The van der Waals surface area contributed by atoms with Gasteiger partial charge in [-0.3, -0.25) is 4.90 Å². The van der Waals surface area contributed by atoms with Gasteiger partial charge >= 0.3 is 0 Å². The van der Waals surface area contributed by atoms with Crippen LogP contribution in [0, 0.1) is 17.2 Å². The summed E-state index contributed by atoms with van der Waals surface area (Å²) in [5.74, 6) is 1.11. The number of morpholine rings is 1. The van der Waals surface area contributed by atoms with Gasteiger partial charge in [-0.1, -0.05) is 6.07 Å². The normalized spacial score (nSPS) is 25.0. The molecule has 0 bridgehead atoms. The predicted molar refractivity (Wildman–Crippen MR) is 89.6 cm³/mol. The lowest BCUT2D eigenvalue weighted by molar-refractivity contribution is 0.0322. The lowest BCUT2D eigenvalue weighted by Crippen LogP contribution is -2.38. The molecular weight excluding hydrogens is 290 g/mol. The first-order chi connectivity index (χ1) is 11.3. The van der Waals surface area contributed by atoms with Crippen LogP contribution in [0.25, 0.3) is 0 Å². The molecule has 1 aromatic rings. The molecule has 0 amide bonds. The van der Waals surface area contributed by atoms with Gasteiger partial charge in [-0.15, -0.1) is 0 Å². The van der Waals surface area contributed by atoms with Crippen molar-refractivity contribution in [2.75, 3.05) is 44.8 Å². The Kier molecular flexibility index (Phi) is 5.73. The highest BCUT2D eigenvalue weighted by Crippen LogP contribution is 2.28. The van der Waals surface area contributed by atoms with Crippen molar-refractivity contribution >= 4 is 5.69 Å². The maximum absolute atomic E-state index is 8.99. The van der Waals surface area contributed by atoms with Crippen molar-refractivity contribution in [3.63, 3.8) is 0 Å². The molecule has 1 aromatic carbocycles. The van der Waals surface area contributed by atoms with E-state index in [4.69, 9.17) is 14.7 Å². The Morgan fingerprint density at radius 1 is 1.30 bits per heavy atom. The number of hydrogen-bond acceptors (Lipinski definition) is 5. The van der Waals surface area contributed by atoms with Crippen molar-refractivity contribution in [1.82, 2.24) is 4.90 Å². The standard InChI is InChI=1S/C18H25N3O2/c19-14-15-4-5-17(12-15)20-16-2-1-3-18(13-16)23-11-8-21-6-9-22-10-7-21/h1-3,13,15,17,20H,4-12H2. The molecule has 5 nitrogen and oxygen atoms in total. The van der Waals surface area contributed by atoms with Gasteiger partial charge in [-0.2, -0.15) is 5.26 Å². The van der Waals surface area contributed by atoms with Crippen molar-refractivity contribution in [3.8, 4) is 11.8 Å². The zero-order chi connectivity index (χ0) is 15.9. The fraction of sp³-hybridized carbons (Fsp3) is 0.611. The predicted octanol–water partition coefficient (Wildman–Crippen LogP) is 2.50. The van der Waals surface area contributed by atoms with E-state index in [1.165, 1.54) is 0 Å². The van der Waals surface area contributed by atoms with Crippen LogP contribution in [0.2, 0.25) is 0 Å². The Morgan fingerprint density at radius 3 is 2.96 bits per heavy atom. The minimum absolute atomic E-state index is 0.209. The Morgan fingerprint density at radius 2 is 2.17 bits per heavy atom. The van der Waals surface area contributed by atoms with Gasteiger partial charge in [-0.25, -0.2) is 0 Å². The minimum atomic E-state index is 0.209. The maximum atomic E-state index is 8.99. The minimum Gasteiger partial charge on any atom is -0.492 e. The summed E-state index contributed by atoms with van der Waals surface area (Å²) >= 11 is 0. The molecule has 1 saturated heterocycles. The molecule has 23 heavy (non-hydrogen) atoms. The summed E-state index contributed by atoms with van der Waals surface area (Å²) in [4.78, 5) is 2.37. The second-order valence-corrected chi connectivity index (χ2v) is 6.31. The Labute approximate surface area is 138 Å². The fourth-order valence-corrected chi connectivity index (χ4v) is 3.26. The summed E-state index contributed by atoms with van der Waals surface area (Å²) in [5.41, 5.74) is 1.08. The van der Waals surface area contributed by atoms with Crippen molar-refractivity contribution in [1.29, 1.82) is 5.26 Å². The molecule has 2 aliphatic rings. The van der Waals surface area contributed by atoms with E-state index in [1.54, 1.807) is 0 Å². The van der Waals surface area contributed by atoms with Crippen LogP contribution in [0.4, 0.5) is 5.69 Å². The molecule has 2 unspecified atom stereocenters. The van der Waals surface area contributed by atoms with E-state index in [0.29, 0.717) is 12.6 Å². The summed E-state index contributed by atoms with van der Waals surface area (Å²) < 4.78 is 11.2. The molecule has 5 heteroatoms. The second-order valence-electron chi connectivity index (χ2n) is 6.31. The molecule has 2 fully saturated rings. The summed E-state index contributed by atoms with van der Waals surface area (Å²) in [7, 11) is 0. The van der Waals surface area contributed by atoms with Crippen LogP contribution >= 0.6 is 0 Å². The van der Waals surface area contributed by atoms with Crippen LogP contribution in [-0.4, -0.2) is 50.4 Å². The smallest absolute Gasteiger partial charge is 0.121 e. The van der Waals surface area contributed by atoms with Gasteiger partial charge in [0.1, 0.15) is 12.4 Å². The van der Waals surface area contributed by atoms with Crippen LogP contribution < -0.4 is 10.1 Å². The van der Waals surface area contributed by atoms with E-state index >= 15 is 0 Å². The Bertz CT molecular complexity index is 537. The first-order valence-electron chi connectivity index (χ1n) is 8.52. The van der Waals surface area contributed by atoms with Crippen molar-refractivity contribution in [2.24, 2.45) is 5.92 Å². The molecule has 1 saturated carbocycles. The van der Waals surface area contributed by atoms with E-state index in [1.807, 2.05) is 12.1 Å². The average Bonchev–Trinajstić information content (AvgIpc) is 3.04. The maximum Gasteiger partial charge on any atom is 0.121 e. The van der Waals surface area contributed by atoms with Gasteiger partial charge < -0.3 is 14.8 Å². The summed E-state index contributed by atoms with van der Waals surface area (Å²) in [6.07, 6.45) is 3.02. The highest BCUT2D eigenvalue weighted by atomic mass is 16.5. The van der Waals surface area contributed by atoms with Gasteiger partial charge in [-0.05, 0) is 31.4 Å². The SMILES string of the molecule is N#CC1CCC(Nc2cccc(OCCN3CCOCC3)c2)C1. The fourth-order valence-electron chi connectivity index (χ4n) is 3.26. The second kappa shape index (κ2) is 8.19. The van der Waals surface area contributed by atoms with E-state index in [2.05, 4.69) is 28.4 Å². The molecule has 2 atom stereocenters. The average molecular weight is 315 g/mol. The topological polar surface area (TPSA) is 57.5 Å².